The maximum absolute atomic E-state index is 2.43. The van der Waals surface area contributed by atoms with Gasteiger partial charge in [0.25, 0.3) is 0 Å². The first-order valence-electron chi connectivity index (χ1n) is 13.9. The highest BCUT2D eigenvalue weighted by molar-refractivity contribution is 6.26. The molecular formula is C39H26. The van der Waals surface area contributed by atoms with E-state index in [1.807, 2.05) is 0 Å². The molecule has 39 heavy (non-hydrogen) atoms. The quantitative estimate of drug-likeness (QED) is 0.199. The summed E-state index contributed by atoms with van der Waals surface area (Å²) in [6, 6.07) is 45.4. The molecule has 9 rings (SSSR count). The molecule has 0 atom stereocenters. The van der Waals surface area contributed by atoms with Crippen molar-refractivity contribution < 1.29 is 0 Å². The van der Waals surface area contributed by atoms with Crippen LogP contribution in [-0.2, 0) is 5.41 Å². The van der Waals surface area contributed by atoms with Crippen LogP contribution >= 0.6 is 0 Å². The van der Waals surface area contributed by atoms with Crippen molar-refractivity contribution in [1.29, 1.82) is 0 Å². The molecule has 1 aliphatic rings. The van der Waals surface area contributed by atoms with Gasteiger partial charge < -0.3 is 0 Å². The van der Waals surface area contributed by atoms with Gasteiger partial charge in [-0.05, 0) is 87.2 Å². The second kappa shape index (κ2) is 7.24. The highest BCUT2D eigenvalue weighted by Crippen LogP contribution is 2.57. The van der Waals surface area contributed by atoms with E-state index in [-0.39, 0.29) is 5.41 Å². The van der Waals surface area contributed by atoms with Crippen LogP contribution in [0.5, 0.6) is 0 Å². The molecule has 0 aliphatic heterocycles. The lowest BCUT2D eigenvalue weighted by atomic mass is 9.76. The summed E-state index contributed by atoms with van der Waals surface area (Å²) in [7, 11) is 0. The van der Waals surface area contributed by atoms with Crippen molar-refractivity contribution in [1.82, 2.24) is 0 Å². The van der Waals surface area contributed by atoms with E-state index in [0.717, 1.165) is 0 Å². The van der Waals surface area contributed by atoms with Gasteiger partial charge in [0.05, 0.1) is 0 Å². The Bertz CT molecular complexity index is 2280. The Morgan fingerprint density at radius 1 is 0.359 bits per heavy atom. The van der Waals surface area contributed by atoms with Crippen LogP contribution in [0, 0.1) is 0 Å². The van der Waals surface area contributed by atoms with Crippen LogP contribution in [0.4, 0.5) is 0 Å². The van der Waals surface area contributed by atoms with Crippen molar-refractivity contribution in [3.63, 3.8) is 0 Å². The van der Waals surface area contributed by atoms with E-state index >= 15 is 0 Å². The van der Waals surface area contributed by atoms with Gasteiger partial charge >= 0.3 is 0 Å². The van der Waals surface area contributed by atoms with Crippen molar-refractivity contribution >= 4 is 53.9 Å². The number of fused-ring (bicyclic) bond motifs is 8. The minimum Gasteiger partial charge on any atom is -0.0616 e. The second-order valence-electron chi connectivity index (χ2n) is 11.7. The lowest BCUT2D eigenvalue weighted by Crippen LogP contribution is -2.17. The van der Waals surface area contributed by atoms with Crippen LogP contribution < -0.4 is 0 Å². The first-order chi connectivity index (χ1) is 19.1. The molecule has 0 heteroatoms. The minimum absolute atomic E-state index is 0.144. The summed E-state index contributed by atoms with van der Waals surface area (Å²) in [5.41, 5.74) is 8.21. The first-order valence-corrected chi connectivity index (χ1v) is 13.9. The zero-order chi connectivity index (χ0) is 25.9. The lowest BCUT2D eigenvalue weighted by Gasteiger charge is -2.26. The second-order valence-corrected chi connectivity index (χ2v) is 11.7. The molecule has 1 aliphatic carbocycles. The minimum atomic E-state index is -0.144. The maximum atomic E-state index is 2.43. The number of hydrogen-bond acceptors (Lipinski definition) is 0. The molecule has 0 fully saturated rings. The van der Waals surface area contributed by atoms with Gasteiger partial charge in [0.15, 0.2) is 0 Å². The van der Waals surface area contributed by atoms with Crippen LogP contribution in [0.2, 0.25) is 0 Å². The summed E-state index contributed by atoms with van der Waals surface area (Å²) in [5, 5.41) is 13.4. The number of rotatable bonds is 1. The lowest BCUT2D eigenvalue weighted by molar-refractivity contribution is 0.668. The molecule has 0 radical (unpaired) electrons. The molecule has 0 spiro atoms. The summed E-state index contributed by atoms with van der Waals surface area (Å²) < 4.78 is 0. The normalized spacial score (nSPS) is 14.1. The average Bonchev–Trinajstić information content (AvgIpc) is 3.23. The SMILES string of the molecule is CC1(C)c2c(cccc2-c2ccc3ccc4cccc5ccc2c3c45)-c2c1c1ccccc1c1ccccc21. The van der Waals surface area contributed by atoms with Crippen LogP contribution in [0.25, 0.3) is 76.1 Å². The third-order valence-electron chi connectivity index (χ3n) is 9.34. The Labute approximate surface area is 227 Å². The van der Waals surface area contributed by atoms with Gasteiger partial charge in [0.1, 0.15) is 0 Å². The Morgan fingerprint density at radius 3 is 1.69 bits per heavy atom. The monoisotopic (exact) mass is 494 g/mol. The zero-order valence-corrected chi connectivity index (χ0v) is 22.0. The molecule has 0 amide bonds. The van der Waals surface area contributed by atoms with E-state index in [1.54, 1.807) is 0 Å². The molecule has 0 nitrogen and oxygen atoms in total. The van der Waals surface area contributed by atoms with Crippen LogP contribution in [0.1, 0.15) is 25.0 Å². The summed E-state index contributed by atoms with van der Waals surface area (Å²) >= 11 is 0. The van der Waals surface area contributed by atoms with Crippen molar-refractivity contribution in [2.75, 3.05) is 0 Å². The molecule has 0 saturated heterocycles. The highest BCUT2D eigenvalue weighted by Gasteiger charge is 2.40. The maximum Gasteiger partial charge on any atom is 0.0171 e. The number of hydrogen-bond donors (Lipinski definition) is 0. The fraction of sp³-hybridized carbons (Fsp3) is 0.0769. The largest absolute Gasteiger partial charge is 0.0616 e. The van der Waals surface area contributed by atoms with Gasteiger partial charge in [-0.15, -0.1) is 0 Å². The third-order valence-corrected chi connectivity index (χ3v) is 9.34. The van der Waals surface area contributed by atoms with Gasteiger partial charge in [-0.25, -0.2) is 0 Å². The van der Waals surface area contributed by atoms with Gasteiger partial charge in [0.2, 0.25) is 0 Å². The molecular weight excluding hydrogens is 468 g/mol. The van der Waals surface area contributed by atoms with Crippen LogP contribution in [-0.4, -0.2) is 0 Å². The van der Waals surface area contributed by atoms with Crippen molar-refractivity contribution in [2.24, 2.45) is 0 Å². The fourth-order valence-electron chi connectivity index (χ4n) is 7.82. The topological polar surface area (TPSA) is 0 Å². The van der Waals surface area contributed by atoms with E-state index in [4.69, 9.17) is 0 Å². The van der Waals surface area contributed by atoms with E-state index in [9.17, 15) is 0 Å². The Kier molecular flexibility index (Phi) is 3.95. The summed E-state index contributed by atoms with van der Waals surface area (Å²) in [6.45, 7) is 4.86. The Morgan fingerprint density at radius 2 is 0.923 bits per heavy atom. The van der Waals surface area contributed by atoms with Crippen LogP contribution in [0.3, 0.4) is 0 Å². The smallest absolute Gasteiger partial charge is 0.0171 e. The molecule has 182 valence electrons. The Balaban J connectivity index is 1.43. The van der Waals surface area contributed by atoms with Gasteiger partial charge in [-0.2, -0.15) is 0 Å². The highest BCUT2D eigenvalue weighted by atomic mass is 14.4. The van der Waals surface area contributed by atoms with Crippen molar-refractivity contribution in [3.05, 3.63) is 132 Å². The summed E-state index contributed by atoms with van der Waals surface area (Å²) in [4.78, 5) is 0. The van der Waals surface area contributed by atoms with Gasteiger partial charge in [-0.1, -0.05) is 135 Å². The van der Waals surface area contributed by atoms with E-state index in [2.05, 4.69) is 135 Å². The molecule has 0 N–H and O–H groups in total. The molecule has 0 bridgehead atoms. The third kappa shape index (κ3) is 2.59. The fourth-order valence-corrected chi connectivity index (χ4v) is 7.82. The average molecular weight is 495 g/mol. The predicted octanol–water partition coefficient (Wildman–Crippen LogP) is 10.9. The van der Waals surface area contributed by atoms with E-state index in [1.165, 1.54) is 87.2 Å². The molecule has 8 aromatic carbocycles. The number of benzene rings is 8. The van der Waals surface area contributed by atoms with E-state index in [0.29, 0.717) is 0 Å². The Hall–Kier alpha value is -4.68. The molecule has 8 aromatic rings. The standard InChI is InChI=1S/C39H26/c1-39(2)37-31(28-21-19-25-18-17-23-9-7-10-24-20-22-30(28)35(25)34(23)24)15-8-16-33(37)36-29-13-5-3-11-26(29)27-12-4-6-14-32(27)38(36)39/h3-22H,1-2H3. The molecule has 0 saturated carbocycles. The van der Waals surface area contributed by atoms with Crippen molar-refractivity contribution in [2.45, 2.75) is 19.3 Å². The van der Waals surface area contributed by atoms with Crippen LogP contribution in [0.15, 0.2) is 121 Å². The van der Waals surface area contributed by atoms with Gasteiger partial charge in [-0.3, -0.25) is 0 Å². The molecule has 0 unspecified atom stereocenters. The first kappa shape index (κ1) is 21.3. The molecule has 0 heterocycles. The molecule has 0 aromatic heterocycles. The van der Waals surface area contributed by atoms with Gasteiger partial charge in [0, 0.05) is 5.41 Å². The zero-order valence-electron chi connectivity index (χ0n) is 22.0. The van der Waals surface area contributed by atoms with E-state index < -0.39 is 0 Å². The van der Waals surface area contributed by atoms with Crippen molar-refractivity contribution in [3.8, 4) is 22.3 Å². The predicted molar refractivity (Wildman–Crippen MR) is 168 cm³/mol. The summed E-state index contributed by atoms with van der Waals surface area (Å²) in [5.74, 6) is 0. The summed E-state index contributed by atoms with van der Waals surface area (Å²) in [6.07, 6.45) is 0.